The molecule has 5 nitrogen and oxygen atoms in total. The van der Waals surface area contributed by atoms with Crippen LogP contribution >= 0.6 is 0 Å². The lowest BCUT2D eigenvalue weighted by Gasteiger charge is -2.25. The number of hydrogen-bond acceptors (Lipinski definition) is 3. The van der Waals surface area contributed by atoms with E-state index in [1.54, 1.807) is 0 Å². The monoisotopic (exact) mass is 345 g/mol. The molecule has 0 bridgehead atoms. The third-order valence-corrected chi connectivity index (χ3v) is 4.80. The molecule has 1 aromatic carbocycles. The van der Waals surface area contributed by atoms with Crippen LogP contribution in [0, 0.1) is 5.92 Å². The average Bonchev–Trinajstić information content (AvgIpc) is 3.14. The quantitative estimate of drug-likeness (QED) is 0.722. The summed E-state index contributed by atoms with van der Waals surface area (Å²) in [6.45, 7) is 3.71. The Morgan fingerprint density at radius 3 is 2.56 bits per heavy atom. The van der Waals surface area contributed by atoms with Gasteiger partial charge in [-0.2, -0.15) is 0 Å². The van der Waals surface area contributed by atoms with Gasteiger partial charge in [-0.3, -0.25) is 9.59 Å². The van der Waals surface area contributed by atoms with Gasteiger partial charge in [-0.15, -0.1) is 0 Å². The SMILES string of the molecule is CC(CC(=O)N(CCCN)Cc1ccccc1)NC(=O)C1CCCC1. The first kappa shape index (κ1) is 19.4. The van der Waals surface area contributed by atoms with E-state index in [9.17, 15) is 9.59 Å². The van der Waals surface area contributed by atoms with Crippen LogP contribution in [0.25, 0.3) is 0 Å². The van der Waals surface area contributed by atoms with Gasteiger partial charge in [0.15, 0.2) is 0 Å². The zero-order valence-corrected chi connectivity index (χ0v) is 15.2. The van der Waals surface area contributed by atoms with E-state index in [4.69, 9.17) is 5.73 Å². The zero-order chi connectivity index (χ0) is 18.1. The Bertz CT molecular complexity index is 541. The first-order chi connectivity index (χ1) is 12.1. The standard InChI is InChI=1S/C20H31N3O2/c1-16(22-20(25)18-10-5-6-11-18)14-19(24)23(13-7-12-21)15-17-8-3-2-4-9-17/h2-4,8-9,16,18H,5-7,10-15,21H2,1H3,(H,22,25). The Labute approximate surface area is 151 Å². The van der Waals surface area contributed by atoms with Crippen molar-refractivity contribution in [2.45, 2.75) is 58.0 Å². The van der Waals surface area contributed by atoms with E-state index in [2.05, 4.69) is 5.32 Å². The molecule has 1 aliphatic carbocycles. The maximum atomic E-state index is 12.7. The summed E-state index contributed by atoms with van der Waals surface area (Å²) in [6.07, 6.45) is 5.33. The normalized spacial score (nSPS) is 15.8. The van der Waals surface area contributed by atoms with Gasteiger partial charge in [-0.25, -0.2) is 0 Å². The van der Waals surface area contributed by atoms with Gasteiger partial charge in [0, 0.05) is 31.5 Å². The smallest absolute Gasteiger partial charge is 0.224 e. The number of nitrogens with two attached hydrogens (primary N) is 1. The Kier molecular flexibility index (Phi) is 7.92. The number of carbonyl (C=O) groups is 2. The minimum Gasteiger partial charge on any atom is -0.353 e. The number of amides is 2. The first-order valence-corrected chi connectivity index (χ1v) is 9.42. The van der Waals surface area contributed by atoms with E-state index in [0.29, 0.717) is 26.1 Å². The van der Waals surface area contributed by atoms with Crippen LogP contribution in [0.15, 0.2) is 30.3 Å². The Morgan fingerprint density at radius 1 is 1.24 bits per heavy atom. The Balaban J connectivity index is 1.87. The van der Waals surface area contributed by atoms with Crippen LogP contribution in [0.4, 0.5) is 0 Å². The van der Waals surface area contributed by atoms with E-state index < -0.39 is 0 Å². The van der Waals surface area contributed by atoms with E-state index in [0.717, 1.165) is 37.7 Å². The second kappa shape index (κ2) is 10.2. The highest BCUT2D eigenvalue weighted by atomic mass is 16.2. The average molecular weight is 345 g/mol. The molecule has 1 aliphatic rings. The lowest BCUT2D eigenvalue weighted by molar-refractivity contribution is -0.132. The minimum atomic E-state index is -0.142. The lowest BCUT2D eigenvalue weighted by atomic mass is 10.1. The van der Waals surface area contributed by atoms with Crippen molar-refractivity contribution in [1.82, 2.24) is 10.2 Å². The molecule has 0 aromatic heterocycles. The van der Waals surface area contributed by atoms with Crippen LogP contribution in [-0.2, 0) is 16.1 Å². The molecule has 3 N–H and O–H groups in total. The number of nitrogens with one attached hydrogen (secondary N) is 1. The van der Waals surface area contributed by atoms with Crippen LogP contribution in [-0.4, -0.2) is 35.8 Å². The Morgan fingerprint density at radius 2 is 1.92 bits per heavy atom. The van der Waals surface area contributed by atoms with Crippen molar-refractivity contribution < 1.29 is 9.59 Å². The van der Waals surface area contributed by atoms with Crippen LogP contribution in [0.1, 0.15) is 51.0 Å². The molecule has 2 rings (SSSR count). The summed E-state index contributed by atoms with van der Waals surface area (Å²) in [7, 11) is 0. The van der Waals surface area contributed by atoms with Crippen LogP contribution in [0.5, 0.6) is 0 Å². The predicted molar refractivity (Wildman–Crippen MR) is 99.7 cm³/mol. The molecule has 0 radical (unpaired) electrons. The fourth-order valence-corrected chi connectivity index (χ4v) is 3.37. The molecule has 2 amide bonds. The van der Waals surface area contributed by atoms with Gasteiger partial charge >= 0.3 is 0 Å². The molecule has 1 fully saturated rings. The Hall–Kier alpha value is -1.88. The zero-order valence-electron chi connectivity index (χ0n) is 15.2. The van der Waals surface area contributed by atoms with E-state index >= 15 is 0 Å². The molecule has 1 unspecified atom stereocenters. The number of carbonyl (C=O) groups excluding carboxylic acids is 2. The molecule has 138 valence electrons. The highest BCUT2D eigenvalue weighted by Gasteiger charge is 2.25. The number of benzene rings is 1. The van der Waals surface area contributed by atoms with Crippen LogP contribution < -0.4 is 11.1 Å². The topological polar surface area (TPSA) is 75.4 Å². The van der Waals surface area contributed by atoms with Crippen molar-refractivity contribution in [3.63, 3.8) is 0 Å². The fraction of sp³-hybridized carbons (Fsp3) is 0.600. The summed E-state index contributed by atoms with van der Waals surface area (Å²) in [5.41, 5.74) is 6.72. The van der Waals surface area contributed by atoms with Gasteiger partial charge in [0.2, 0.25) is 11.8 Å². The van der Waals surface area contributed by atoms with Gasteiger partial charge in [-0.05, 0) is 38.3 Å². The number of hydrogen-bond donors (Lipinski definition) is 2. The number of nitrogens with zero attached hydrogens (tertiary/aromatic N) is 1. The summed E-state index contributed by atoms with van der Waals surface area (Å²) in [6, 6.07) is 9.83. The summed E-state index contributed by atoms with van der Waals surface area (Å²) in [4.78, 5) is 26.8. The molecule has 0 heterocycles. The van der Waals surface area contributed by atoms with E-state index in [1.807, 2.05) is 42.2 Å². The third kappa shape index (κ3) is 6.50. The van der Waals surface area contributed by atoms with Crippen molar-refractivity contribution in [2.75, 3.05) is 13.1 Å². The fourth-order valence-electron chi connectivity index (χ4n) is 3.37. The maximum Gasteiger partial charge on any atom is 0.224 e. The van der Waals surface area contributed by atoms with Gasteiger partial charge < -0.3 is 16.0 Å². The van der Waals surface area contributed by atoms with Crippen molar-refractivity contribution in [2.24, 2.45) is 11.7 Å². The maximum absolute atomic E-state index is 12.7. The molecule has 0 spiro atoms. The van der Waals surface area contributed by atoms with Crippen LogP contribution in [0.2, 0.25) is 0 Å². The summed E-state index contributed by atoms with van der Waals surface area (Å²) < 4.78 is 0. The second-order valence-electron chi connectivity index (χ2n) is 7.04. The van der Waals surface area contributed by atoms with Crippen LogP contribution in [0.3, 0.4) is 0 Å². The highest BCUT2D eigenvalue weighted by Crippen LogP contribution is 2.24. The highest BCUT2D eigenvalue weighted by molar-refractivity contribution is 5.81. The molecule has 1 aromatic rings. The van der Waals surface area contributed by atoms with E-state index in [1.165, 1.54) is 0 Å². The molecular formula is C20H31N3O2. The van der Waals surface area contributed by atoms with Crippen molar-refractivity contribution in [3.8, 4) is 0 Å². The molecule has 25 heavy (non-hydrogen) atoms. The first-order valence-electron chi connectivity index (χ1n) is 9.42. The second-order valence-corrected chi connectivity index (χ2v) is 7.04. The molecule has 5 heteroatoms. The summed E-state index contributed by atoms with van der Waals surface area (Å²) in [5, 5.41) is 3.02. The van der Waals surface area contributed by atoms with E-state index in [-0.39, 0.29) is 23.8 Å². The van der Waals surface area contributed by atoms with Gasteiger partial charge in [0.05, 0.1) is 0 Å². The molecule has 0 aliphatic heterocycles. The van der Waals surface area contributed by atoms with Gasteiger partial charge in [0.25, 0.3) is 0 Å². The molecule has 1 saturated carbocycles. The van der Waals surface area contributed by atoms with Gasteiger partial charge in [-0.1, -0.05) is 43.2 Å². The molecular weight excluding hydrogens is 314 g/mol. The minimum absolute atomic E-state index is 0.0662. The number of rotatable bonds is 9. The van der Waals surface area contributed by atoms with Gasteiger partial charge in [0.1, 0.15) is 0 Å². The van der Waals surface area contributed by atoms with Crippen molar-refractivity contribution in [3.05, 3.63) is 35.9 Å². The van der Waals surface area contributed by atoms with Crippen molar-refractivity contribution in [1.29, 1.82) is 0 Å². The molecule has 1 atom stereocenters. The molecule has 0 saturated heterocycles. The predicted octanol–water partition coefficient (Wildman–Crippen LogP) is 2.45. The largest absolute Gasteiger partial charge is 0.353 e. The summed E-state index contributed by atoms with van der Waals surface area (Å²) >= 11 is 0. The van der Waals surface area contributed by atoms with Crippen molar-refractivity contribution >= 4 is 11.8 Å². The third-order valence-electron chi connectivity index (χ3n) is 4.80. The lowest BCUT2D eigenvalue weighted by Crippen LogP contribution is -2.41. The summed E-state index contributed by atoms with van der Waals surface area (Å²) in [5.74, 6) is 0.307.